The van der Waals surface area contributed by atoms with E-state index in [-0.39, 0.29) is 0 Å². The lowest BCUT2D eigenvalue weighted by Crippen LogP contribution is -2.36. The third kappa shape index (κ3) is 3.90. The molecule has 2 heteroatoms. The third-order valence-corrected chi connectivity index (χ3v) is 3.66. The Morgan fingerprint density at radius 2 is 2.08 bits per heavy atom. The zero-order chi connectivity index (χ0) is 9.68. The van der Waals surface area contributed by atoms with Gasteiger partial charge in [0.25, 0.3) is 0 Å². The van der Waals surface area contributed by atoms with Crippen LogP contribution in [0, 0.1) is 5.92 Å². The number of nitrogens with zero attached hydrogens (tertiary/aromatic N) is 1. The smallest absolute Gasteiger partial charge is 0.00752 e. The molecule has 0 aromatic heterocycles. The minimum Gasteiger partial charge on any atom is -0.300 e. The minimum atomic E-state index is 0.817. The molecule has 1 aliphatic rings. The number of hydrogen-bond acceptors (Lipinski definition) is 2. The number of likely N-dealkylation sites (tertiary alicyclic amines) is 1. The van der Waals surface area contributed by atoms with Gasteiger partial charge in [0.2, 0.25) is 0 Å². The summed E-state index contributed by atoms with van der Waals surface area (Å²) in [6, 6.07) is 0.817. The van der Waals surface area contributed by atoms with Crippen molar-refractivity contribution in [2.45, 2.75) is 39.2 Å². The average Bonchev–Trinajstić information content (AvgIpc) is 2.25. The molecule has 0 radical (unpaired) electrons. The quantitative estimate of drug-likeness (QED) is 0.691. The maximum atomic E-state index is 2.67. The molecule has 0 amide bonds. The molecule has 1 aliphatic heterocycles. The fraction of sp³-hybridized carbons (Fsp3) is 1.00. The van der Waals surface area contributed by atoms with E-state index in [1.165, 1.54) is 38.1 Å². The highest BCUT2D eigenvalue weighted by Crippen LogP contribution is 2.20. The van der Waals surface area contributed by atoms with Crippen LogP contribution >= 0.6 is 11.8 Å². The van der Waals surface area contributed by atoms with Gasteiger partial charge in [0.15, 0.2) is 0 Å². The third-order valence-electron chi connectivity index (χ3n) is 3.07. The Kier molecular flexibility index (Phi) is 5.18. The monoisotopic (exact) mass is 201 g/mol. The van der Waals surface area contributed by atoms with Gasteiger partial charge in [0.1, 0.15) is 0 Å². The van der Waals surface area contributed by atoms with Crippen molar-refractivity contribution in [1.82, 2.24) is 4.90 Å². The van der Waals surface area contributed by atoms with E-state index in [4.69, 9.17) is 0 Å². The predicted molar refractivity (Wildman–Crippen MR) is 62.4 cm³/mol. The Hall–Kier alpha value is 0.310. The maximum Gasteiger partial charge on any atom is 0.00752 e. The minimum absolute atomic E-state index is 0.817. The molecule has 78 valence electrons. The standard InChI is InChI=1S/C11H23NS/c1-10-5-4-6-11(2)12(9-10)7-8-13-3/h10-11H,4-9H2,1-3H3. The molecule has 1 heterocycles. The van der Waals surface area contributed by atoms with E-state index in [1.54, 1.807) is 0 Å². The highest BCUT2D eigenvalue weighted by molar-refractivity contribution is 7.98. The van der Waals surface area contributed by atoms with Crippen LogP contribution in [-0.2, 0) is 0 Å². The molecular weight excluding hydrogens is 178 g/mol. The van der Waals surface area contributed by atoms with Crippen molar-refractivity contribution in [2.75, 3.05) is 25.1 Å². The Labute approximate surface area is 87.3 Å². The molecule has 0 aromatic carbocycles. The van der Waals surface area contributed by atoms with E-state index in [9.17, 15) is 0 Å². The van der Waals surface area contributed by atoms with Gasteiger partial charge in [0, 0.05) is 24.9 Å². The summed E-state index contributed by atoms with van der Waals surface area (Å²) in [7, 11) is 0. The molecule has 0 bridgehead atoms. The lowest BCUT2D eigenvalue weighted by molar-refractivity contribution is 0.207. The lowest BCUT2D eigenvalue weighted by atomic mass is 10.1. The molecule has 0 aliphatic carbocycles. The summed E-state index contributed by atoms with van der Waals surface area (Å²) in [5, 5.41) is 0. The zero-order valence-corrected chi connectivity index (χ0v) is 10.1. The fourth-order valence-corrected chi connectivity index (χ4v) is 2.55. The zero-order valence-electron chi connectivity index (χ0n) is 9.25. The van der Waals surface area contributed by atoms with Gasteiger partial charge in [-0.15, -0.1) is 0 Å². The fourth-order valence-electron chi connectivity index (χ4n) is 2.14. The molecule has 0 spiro atoms. The van der Waals surface area contributed by atoms with Crippen molar-refractivity contribution in [2.24, 2.45) is 5.92 Å². The summed E-state index contributed by atoms with van der Waals surface area (Å²) < 4.78 is 0. The summed E-state index contributed by atoms with van der Waals surface area (Å²) in [6.45, 7) is 7.39. The van der Waals surface area contributed by atoms with Gasteiger partial charge in [0.05, 0.1) is 0 Å². The summed E-state index contributed by atoms with van der Waals surface area (Å²) in [5.41, 5.74) is 0. The van der Waals surface area contributed by atoms with Gasteiger partial charge in [-0.3, -0.25) is 4.90 Å². The highest BCUT2D eigenvalue weighted by atomic mass is 32.2. The number of hydrogen-bond donors (Lipinski definition) is 0. The van der Waals surface area contributed by atoms with Crippen molar-refractivity contribution < 1.29 is 0 Å². The first-order valence-electron chi connectivity index (χ1n) is 5.47. The van der Waals surface area contributed by atoms with Crippen LogP contribution in [0.5, 0.6) is 0 Å². The molecule has 13 heavy (non-hydrogen) atoms. The molecule has 0 aromatic rings. The summed E-state index contributed by atoms with van der Waals surface area (Å²) >= 11 is 1.96. The number of rotatable bonds is 3. The summed E-state index contributed by atoms with van der Waals surface area (Å²) in [6.07, 6.45) is 6.46. The van der Waals surface area contributed by atoms with Gasteiger partial charge in [-0.1, -0.05) is 13.3 Å². The van der Waals surface area contributed by atoms with Gasteiger partial charge in [-0.05, 0) is 31.9 Å². The molecular formula is C11H23NS. The second-order valence-corrected chi connectivity index (χ2v) is 5.36. The van der Waals surface area contributed by atoms with Crippen LogP contribution in [0.1, 0.15) is 33.1 Å². The first-order valence-corrected chi connectivity index (χ1v) is 6.86. The normalized spacial score (nSPS) is 31.6. The molecule has 2 unspecified atom stereocenters. The van der Waals surface area contributed by atoms with E-state index in [0.717, 1.165) is 12.0 Å². The van der Waals surface area contributed by atoms with Crippen LogP contribution in [0.2, 0.25) is 0 Å². The highest BCUT2D eigenvalue weighted by Gasteiger charge is 2.19. The maximum absolute atomic E-state index is 2.67. The second kappa shape index (κ2) is 5.92. The van der Waals surface area contributed by atoms with Crippen LogP contribution in [0.4, 0.5) is 0 Å². The van der Waals surface area contributed by atoms with Gasteiger partial charge >= 0.3 is 0 Å². The molecule has 1 rings (SSSR count). The van der Waals surface area contributed by atoms with E-state index < -0.39 is 0 Å². The van der Waals surface area contributed by atoms with E-state index in [1.807, 2.05) is 11.8 Å². The van der Waals surface area contributed by atoms with E-state index >= 15 is 0 Å². The first-order chi connectivity index (χ1) is 6.24. The summed E-state index contributed by atoms with van der Waals surface area (Å²) in [4.78, 5) is 2.67. The van der Waals surface area contributed by atoms with Crippen molar-refractivity contribution in [3.8, 4) is 0 Å². The van der Waals surface area contributed by atoms with Crippen LogP contribution in [-0.4, -0.2) is 36.0 Å². The van der Waals surface area contributed by atoms with Gasteiger partial charge in [-0.2, -0.15) is 11.8 Å². The topological polar surface area (TPSA) is 3.24 Å². The van der Waals surface area contributed by atoms with Crippen LogP contribution in [0.25, 0.3) is 0 Å². The lowest BCUT2D eigenvalue weighted by Gasteiger charge is -2.27. The van der Waals surface area contributed by atoms with Crippen LogP contribution < -0.4 is 0 Å². The number of thioether (sulfide) groups is 1. The van der Waals surface area contributed by atoms with Crippen LogP contribution in [0.3, 0.4) is 0 Å². The largest absolute Gasteiger partial charge is 0.300 e. The SMILES string of the molecule is CSCCN1CC(C)CCCC1C. The van der Waals surface area contributed by atoms with Crippen molar-refractivity contribution in [3.63, 3.8) is 0 Å². The second-order valence-electron chi connectivity index (χ2n) is 4.37. The van der Waals surface area contributed by atoms with Gasteiger partial charge in [-0.25, -0.2) is 0 Å². The summed E-state index contributed by atoms with van der Waals surface area (Å²) in [5.74, 6) is 2.20. The predicted octanol–water partition coefficient (Wildman–Crippen LogP) is 2.86. The molecule has 1 saturated heterocycles. The first kappa shape index (κ1) is 11.4. The Morgan fingerprint density at radius 3 is 2.77 bits per heavy atom. The molecule has 0 saturated carbocycles. The van der Waals surface area contributed by atoms with Crippen molar-refractivity contribution >= 4 is 11.8 Å². The van der Waals surface area contributed by atoms with Gasteiger partial charge < -0.3 is 0 Å². The molecule has 0 N–H and O–H groups in total. The van der Waals surface area contributed by atoms with E-state index in [2.05, 4.69) is 25.0 Å². The average molecular weight is 201 g/mol. The molecule has 1 fully saturated rings. The molecule has 2 atom stereocenters. The molecule has 1 nitrogen and oxygen atoms in total. The van der Waals surface area contributed by atoms with Crippen molar-refractivity contribution in [1.29, 1.82) is 0 Å². The van der Waals surface area contributed by atoms with Crippen molar-refractivity contribution in [3.05, 3.63) is 0 Å². The Bertz CT molecular complexity index is 138. The van der Waals surface area contributed by atoms with Crippen LogP contribution in [0.15, 0.2) is 0 Å². The Balaban J connectivity index is 2.37. The van der Waals surface area contributed by atoms with E-state index in [0.29, 0.717) is 0 Å². The Morgan fingerprint density at radius 1 is 1.31 bits per heavy atom.